The fraction of sp³-hybridized carbons (Fsp3) is 0.917. The Kier molecular flexibility index (Phi) is 5.22. The third-order valence-corrected chi connectivity index (χ3v) is 3.20. The monoisotopic (exact) mass is 230 g/mol. The van der Waals surface area contributed by atoms with E-state index in [1.807, 2.05) is 6.92 Å². The Labute approximate surface area is 96.6 Å². The maximum atomic E-state index is 11.2. The molecule has 0 aromatic rings. The van der Waals surface area contributed by atoms with Crippen molar-refractivity contribution in [3.8, 4) is 0 Å². The fourth-order valence-corrected chi connectivity index (χ4v) is 2.20. The first-order valence-electron chi connectivity index (χ1n) is 6.18. The summed E-state index contributed by atoms with van der Waals surface area (Å²) in [5, 5.41) is 19.4. The minimum atomic E-state index is -1.68. The van der Waals surface area contributed by atoms with Crippen molar-refractivity contribution in [2.75, 3.05) is 6.61 Å². The highest BCUT2D eigenvalue weighted by Crippen LogP contribution is 2.29. The zero-order valence-electron chi connectivity index (χ0n) is 9.95. The molecule has 0 aromatic heterocycles. The van der Waals surface area contributed by atoms with Crippen molar-refractivity contribution in [3.63, 3.8) is 0 Å². The average molecular weight is 230 g/mol. The van der Waals surface area contributed by atoms with Gasteiger partial charge in [0.05, 0.1) is 6.10 Å². The first-order valence-corrected chi connectivity index (χ1v) is 6.18. The van der Waals surface area contributed by atoms with Crippen LogP contribution in [0.5, 0.6) is 0 Å². The molecule has 0 heterocycles. The molecule has 2 atom stereocenters. The van der Waals surface area contributed by atoms with E-state index in [1.165, 1.54) is 0 Å². The lowest BCUT2D eigenvalue weighted by Gasteiger charge is -2.34. The summed E-state index contributed by atoms with van der Waals surface area (Å²) in [5.74, 6) is -1.14. The summed E-state index contributed by atoms with van der Waals surface area (Å²) in [5.41, 5.74) is -1.68. The smallest absolute Gasteiger partial charge is 0.338 e. The molecule has 4 heteroatoms. The molecule has 0 aliphatic heterocycles. The van der Waals surface area contributed by atoms with E-state index >= 15 is 0 Å². The zero-order chi connectivity index (χ0) is 12.0. The molecule has 0 bridgehead atoms. The van der Waals surface area contributed by atoms with Crippen LogP contribution in [0.2, 0.25) is 0 Å². The number of ether oxygens (including phenoxy) is 1. The SMILES string of the molecule is CCCOC1CCCCCCC1(O)C(=O)O. The Bertz CT molecular complexity index is 227. The highest BCUT2D eigenvalue weighted by atomic mass is 16.5. The van der Waals surface area contributed by atoms with Crippen LogP contribution in [0.4, 0.5) is 0 Å². The summed E-state index contributed by atoms with van der Waals surface area (Å²) in [7, 11) is 0. The normalized spacial score (nSPS) is 31.8. The molecule has 94 valence electrons. The van der Waals surface area contributed by atoms with Crippen LogP contribution in [0.3, 0.4) is 0 Å². The molecule has 0 aromatic carbocycles. The second kappa shape index (κ2) is 6.21. The third-order valence-electron chi connectivity index (χ3n) is 3.20. The molecule has 0 saturated heterocycles. The van der Waals surface area contributed by atoms with Crippen molar-refractivity contribution in [2.45, 2.75) is 63.6 Å². The average Bonchev–Trinajstić information content (AvgIpc) is 2.23. The lowest BCUT2D eigenvalue weighted by molar-refractivity contribution is -0.181. The van der Waals surface area contributed by atoms with Gasteiger partial charge in [-0.05, 0) is 25.7 Å². The van der Waals surface area contributed by atoms with Crippen molar-refractivity contribution in [2.24, 2.45) is 0 Å². The van der Waals surface area contributed by atoms with Crippen molar-refractivity contribution < 1.29 is 19.7 Å². The molecule has 0 radical (unpaired) electrons. The standard InChI is InChI=1S/C12H22O4/c1-2-9-16-10-7-5-3-4-6-8-12(10,15)11(13)14/h10,15H,2-9H2,1H3,(H,13,14). The van der Waals surface area contributed by atoms with Crippen LogP contribution in [0.15, 0.2) is 0 Å². The second-order valence-electron chi connectivity index (χ2n) is 4.54. The lowest BCUT2D eigenvalue weighted by Crippen LogP contribution is -2.51. The van der Waals surface area contributed by atoms with Gasteiger partial charge in [-0.3, -0.25) is 0 Å². The molecule has 1 aliphatic carbocycles. The van der Waals surface area contributed by atoms with Crippen molar-refractivity contribution in [1.82, 2.24) is 0 Å². The van der Waals surface area contributed by atoms with Gasteiger partial charge in [0.2, 0.25) is 0 Å². The maximum Gasteiger partial charge on any atom is 0.338 e. The summed E-state index contributed by atoms with van der Waals surface area (Å²) >= 11 is 0. The predicted octanol–water partition coefficient (Wildman–Crippen LogP) is 1.95. The fourth-order valence-electron chi connectivity index (χ4n) is 2.20. The Morgan fingerprint density at radius 3 is 2.69 bits per heavy atom. The minimum Gasteiger partial charge on any atom is -0.479 e. The van der Waals surface area contributed by atoms with E-state index in [0.29, 0.717) is 19.4 Å². The Balaban J connectivity index is 2.72. The van der Waals surface area contributed by atoms with E-state index in [1.54, 1.807) is 0 Å². The number of rotatable bonds is 4. The minimum absolute atomic E-state index is 0.302. The number of hydrogen-bond donors (Lipinski definition) is 2. The summed E-state index contributed by atoms with van der Waals surface area (Å²) in [4.78, 5) is 11.2. The van der Waals surface area contributed by atoms with Gasteiger partial charge < -0.3 is 14.9 Å². The number of hydrogen-bond acceptors (Lipinski definition) is 3. The zero-order valence-corrected chi connectivity index (χ0v) is 9.95. The predicted molar refractivity (Wildman–Crippen MR) is 60.3 cm³/mol. The Morgan fingerprint density at radius 1 is 1.38 bits per heavy atom. The highest BCUT2D eigenvalue weighted by molar-refractivity contribution is 5.78. The van der Waals surface area contributed by atoms with E-state index in [2.05, 4.69) is 0 Å². The summed E-state index contributed by atoms with van der Waals surface area (Å²) in [6.07, 6.45) is 5.02. The van der Waals surface area contributed by atoms with E-state index in [9.17, 15) is 9.90 Å². The van der Waals surface area contributed by atoms with E-state index in [0.717, 1.165) is 32.1 Å². The molecular formula is C12H22O4. The van der Waals surface area contributed by atoms with Gasteiger partial charge in [0, 0.05) is 6.61 Å². The van der Waals surface area contributed by atoms with Gasteiger partial charge in [-0.1, -0.05) is 26.2 Å². The Hall–Kier alpha value is -0.610. The van der Waals surface area contributed by atoms with Crippen LogP contribution in [-0.4, -0.2) is 34.5 Å². The molecule has 1 saturated carbocycles. The summed E-state index contributed by atoms with van der Waals surface area (Å²) in [6, 6.07) is 0. The van der Waals surface area contributed by atoms with Crippen LogP contribution in [0.1, 0.15) is 51.9 Å². The van der Waals surface area contributed by atoms with Crippen molar-refractivity contribution in [1.29, 1.82) is 0 Å². The molecule has 4 nitrogen and oxygen atoms in total. The van der Waals surface area contributed by atoms with Gasteiger partial charge in [-0.2, -0.15) is 0 Å². The van der Waals surface area contributed by atoms with Gasteiger partial charge in [0.1, 0.15) is 0 Å². The lowest BCUT2D eigenvalue weighted by atomic mass is 9.84. The first-order chi connectivity index (χ1) is 7.61. The van der Waals surface area contributed by atoms with E-state index in [-0.39, 0.29) is 0 Å². The van der Waals surface area contributed by atoms with E-state index in [4.69, 9.17) is 9.84 Å². The summed E-state index contributed by atoms with van der Waals surface area (Å²) in [6.45, 7) is 2.49. The van der Waals surface area contributed by atoms with Crippen LogP contribution in [-0.2, 0) is 9.53 Å². The quantitative estimate of drug-likeness (QED) is 0.774. The van der Waals surface area contributed by atoms with Gasteiger partial charge in [-0.25, -0.2) is 4.79 Å². The van der Waals surface area contributed by atoms with Crippen molar-refractivity contribution in [3.05, 3.63) is 0 Å². The highest BCUT2D eigenvalue weighted by Gasteiger charge is 2.44. The van der Waals surface area contributed by atoms with Gasteiger partial charge in [0.15, 0.2) is 5.60 Å². The van der Waals surface area contributed by atoms with Gasteiger partial charge >= 0.3 is 5.97 Å². The number of aliphatic carboxylic acids is 1. The van der Waals surface area contributed by atoms with E-state index < -0.39 is 17.7 Å². The molecule has 0 spiro atoms. The largest absolute Gasteiger partial charge is 0.479 e. The third kappa shape index (κ3) is 3.19. The molecule has 1 fully saturated rings. The number of carboxylic acid groups (broad SMARTS) is 1. The first kappa shape index (κ1) is 13.5. The maximum absolute atomic E-state index is 11.2. The number of aliphatic hydroxyl groups is 1. The molecule has 16 heavy (non-hydrogen) atoms. The molecule has 2 N–H and O–H groups in total. The molecule has 1 aliphatic rings. The van der Waals surface area contributed by atoms with Crippen LogP contribution < -0.4 is 0 Å². The van der Waals surface area contributed by atoms with Gasteiger partial charge in [-0.15, -0.1) is 0 Å². The summed E-state index contributed by atoms with van der Waals surface area (Å²) < 4.78 is 5.51. The Morgan fingerprint density at radius 2 is 2.06 bits per heavy atom. The van der Waals surface area contributed by atoms with Crippen molar-refractivity contribution >= 4 is 5.97 Å². The van der Waals surface area contributed by atoms with Crippen LogP contribution >= 0.6 is 0 Å². The molecule has 2 unspecified atom stereocenters. The van der Waals surface area contributed by atoms with Crippen LogP contribution in [0, 0.1) is 0 Å². The van der Waals surface area contributed by atoms with Crippen LogP contribution in [0.25, 0.3) is 0 Å². The second-order valence-corrected chi connectivity index (χ2v) is 4.54. The molecule has 0 amide bonds. The topological polar surface area (TPSA) is 66.8 Å². The molecular weight excluding hydrogens is 208 g/mol. The number of carbonyl (C=O) groups is 1. The van der Waals surface area contributed by atoms with Gasteiger partial charge in [0.25, 0.3) is 0 Å². The number of carboxylic acids is 1. The molecule has 1 rings (SSSR count).